The third-order valence-electron chi connectivity index (χ3n) is 5.76. The summed E-state index contributed by atoms with van der Waals surface area (Å²) >= 11 is 0. The maximum Gasteiger partial charge on any atom is 0.253 e. The first-order valence-electron chi connectivity index (χ1n) is 11.3. The molecule has 0 radical (unpaired) electrons. The van der Waals surface area contributed by atoms with E-state index in [9.17, 15) is 18.8 Å². The highest BCUT2D eigenvalue weighted by Gasteiger charge is 2.20. The highest BCUT2D eigenvalue weighted by atomic mass is 19.1. The van der Waals surface area contributed by atoms with E-state index in [4.69, 9.17) is 5.73 Å². The zero-order valence-electron chi connectivity index (χ0n) is 18.9. The first-order valence-corrected chi connectivity index (χ1v) is 11.3. The van der Waals surface area contributed by atoms with E-state index in [0.717, 1.165) is 32.4 Å². The molecule has 0 saturated carbocycles. The van der Waals surface area contributed by atoms with Crippen LogP contribution in [0.3, 0.4) is 0 Å². The van der Waals surface area contributed by atoms with Gasteiger partial charge in [0.25, 0.3) is 11.8 Å². The summed E-state index contributed by atoms with van der Waals surface area (Å²) in [5, 5.41) is 5.51. The molecule has 0 aliphatic carbocycles. The fraction of sp³-hybridized carbons (Fsp3) is 0.400. The van der Waals surface area contributed by atoms with Crippen LogP contribution in [0.2, 0.25) is 0 Å². The Morgan fingerprint density at radius 3 is 2.39 bits per heavy atom. The van der Waals surface area contributed by atoms with Crippen molar-refractivity contribution in [3.63, 3.8) is 0 Å². The zero-order valence-corrected chi connectivity index (χ0v) is 18.9. The summed E-state index contributed by atoms with van der Waals surface area (Å²) in [6.45, 7) is 3.43. The molecule has 0 bridgehead atoms. The molecule has 4 N–H and O–H groups in total. The van der Waals surface area contributed by atoms with Crippen LogP contribution in [-0.4, -0.2) is 48.3 Å². The molecule has 1 aliphatic heterocycles. The molecule has 2 unspecified atom stereocenters. The molecule has 176 valence electrons. The molecule has 2 aromatic carbocycles. The number of carbonyl (C=O) groups excluding carboxylic acids is 3. The highest BCUT2D eigenvalue weighted by molar-refractivity contribution is 5.99. The number of halogens is 1. The smallest absolute Gasteiger partial charge is 0.253 e. The van der Waals surface area contributed by atoms with Crippen molar-refractivity contribution in [2.24, 2.45) is 11.7 Å². The molecular formula is C25H31FN4O3. The van der Waals surface area contributed by atoms with Crippen molar-refractivity contribution in [3.8, 4) is 0 Å². The van der Waals surface area contributed by atoms with Crippen molar-refractivity contribution >= 4 is 23.4 Å². The molecule has 1 saturated heterocycles. The van der Waals surface area contributed by atoms with Crippen LogP contribution in [0.1, 0.15) is 53.3 Å². The van der Waals surface area contributed by atoms with Crippen LogP contribution in [0, 0.1) is 11.7 Å². The summed E-state index contributed by atoms with van der Waals surface area (Å²) in [7, 11) is 0. The molecule has 8 heteroatoms. The molecule has 0 spiro atoms. The first kappa shape index (κ1) is 24.4. The van der Waals surface area contributed by atoms with Gasteiger partial charge in [0.2, 0.25) is 5.91 Å². The van der Waals surface area contributed by atoms with E-state index in [1.165, 1.54) is 24.3 Å². The number of benzene rings is 2. The van der Waals surface area contributed by atoms with E-state index >= 15 is 0 Å². The second-order valence-electron chi connectivity index (χ2n) is 8.54. The maximum atomic E-state index is 13.0. The Hall–Kier alpha value is -3.26. The van der Waals surface area contributed by atoms with Crippen molar-refractivity contribution in [3.05, 3.63) is 65.5 Å². The molecule has 1 fully saturated rings. The van der Waals surface area contributed by atoms with E-state index in [0.29, 0.717) is 23.2 Å². The lowest BCUT2D eigenvalue weighted by Crippen LogP contribution is -2.39. The van der Waals surface area contributed by atoms with Gasteiger partial charge in [0.05, 0.1) is 0 Å². The Labute approximate surface area is 193 Å². The molecule has 33 heavy (non-hydrogen) atoms. The maximum absolute atomic E-state index is 13.0. The summed E-state index contributed by atoms with van der Waals surface area (Å²) in [6.07, 6.45) is 3.51. The lowest BCUT2D eigenvalue weighted by molar-refractivity contribution is -0.119. The van der Waals surface area contributed by atoms with Crippen LogP contribution < -0.4 is 16.4 Å². The summed E-state index contributed by atoms with van der Waals surface area (Å²) in [5.74, 6) is -1.37. The van der Waals surface area contributed by atoms with Gasteiger partial charge in [-0.15, -0.1) is 0 Å². The molecule has 0 aromatic heterocycles. The van der Waals surface area contributed by atoms with Gasteiger partial charge in [-0.05, 0) is 68.1 Å². The molecule has 1 heterocycles. The van der Waals surface area contributed by atoms with Gasteiger partial charge >= 0.3 is 0 Å². The molecule has 7 nitrogen and oxygen atoms in total. The van der Waals surface area contributed by atoms with Gasteiger partial charge in [-0.25, -0.2) is 4.39 Å². The second-order valence-corrected chi connectivity index (χ2v) is 8.54. The van der Waals surface area contributed by atoms with Gasteiger partial charge in [-0.3, -0.25) is 14.4 Å². The van der Waals surface area contributed by atoms with Crippen LogP contribution >= 0.6 is 0 Å². The fourth-order valence-electron chi connectivity index (χ4n) is 3.84. The van der Waals surface area contributed by atoms with E-state index in [1.807, 2.05) is 4.90 Å². The van der Waals surface area contributed by atoms with Crippen molar-refractivity contribution in [1.82, 2.24) is 10.2 Å². The van der Waals surface area contributed by atoms with Crippen LogP contribution in [-0.2, 0) is 4.79 Å². The minimum Gasteiger partial charge on any atom is -0.350 e. The summed E-state index contributed by atoms with van der Waals surface area (Å²) in [4.78, 5) is 39.4. The van der Waals surface area contributed by atoms with Crippen molar-refractivity contribution < 1.29 is 18.8 Å². The van der Waals surface area contributed by atoms with Crippen LogP contribution in [0.5, 0.6) is 0 Å². The summed E-state index contributed by atoms with van der Waals surface area (Å²) in [5.41, 5.74) is 7.53. The molecular weight excluding hydrogens is 423 g/mol. The van der Waals surface area contributed by atoms with Crippen LogP contribution in [0.4, 0.5) is 10.1 Å². The summed E-state index contributed by atoms with van der Waals surface area (Å²) < 4.78 is 13.0. The molecule has 2 atom stereocenters. The minimum atomic E-state index is -0.430. The Morgan fingerprint density at radius 2 is 1.70 bits per heavy atom. The predicted octanol–water partition coefficient (Wildman–Crippen LogP) is 3.17. The standard InChI is InChI=1S/C25H31FN4O3/c1-17(23(31)29-22-10-8-20(26)9-11-22)14-21(27)16-28-24(32)18-6-5-7-19(15-18)25(33)30-12-3-2-4-13-30/h5-11,15,17,21H,2-4,12-14,16,27H2,1H3,(H,28,32)(H,29,31). The number of amides is 3. The quantitative estimate of drug-likeness (QED) is 0.570. The average Bonchev–Trinajstić information content (AvgIpc) is 2.84. The van der Waals surface area contributed by atoms with Gasteiger partial charge in [0.15, 0.2) is 0 Å². The number of rotatable bonds is 8. The lowest BCUT2D eigenvalue weighted by atomic mass is 10.0. The number of hydrogen-bond acceptors (Lipinski definition) is 4. The molecule has 1 aliphatic rings. The van der Waals surface area contributed by atoms with Crippen LogP contribution in [0.15, 0.2) is 48.5 Å². The third kappa shape index (κ3) is 7.12. The number of nitrogens with zero attached hydrogens (tertiary/aromatic N) is 1. The van der Waals surface area contributed by atoms with Crippen molar-refractivity contribution in [2.75, 3.05) is 25.0 Å². The van der Waals surface area contributed by atoms with Gasteiger partial charge in [-0.2, -0.15) is 0 Å². The minimum absolute atomic E-state index is 0.0537. The number of likely N-dealkylation sites (tertiary alicyclic amines) is 1. The van der Waals surface area contributed by atoms with Gasteiger partial charge in [-0.1, -0.05) is 13.0 Å². The van der Waals surface area contributed by atoms with Crippen LogP contribution in [0.25, 0.3) is 0 Å². The number of piperidine rings is 1. The zero-order chi connectivity index (χ0) is 23.8. The number of carbonyl (C=O) groups is 3. The average molecular weight is 455 g/mol. The number of nitrogens with one attached hydrogen (secondary N) is 2. The highest BCUT2D eigenvalue weighted by Crippen LogP contribution is 2.15. The normalized spacial score (nSPS) is 15.4. The molecule has 2 aromatic rings. The Morgan fingerprint density at radius 1 is 1.03 bits per heavy atom. The number of nitrogens with two attached hydrogens (primary N) is 1. The molecule has 3 amide bonds. The fourth-order valence-corrected chi connectivity index (χ4v) is 3.84. The Bertz CT molecular complexity index is 974. The van der Waals surface area contributed by atoms with E-state index < -0.39 is 12.0 Å². The second kappa shape index (κ2) is 11.6. The lowest BCUT2D eigenvalue weighted by Gasteiger charge is -2.26. The Balaban J connectivity index is 1.48. The largest absolute Gasteiger partial charge is 0.350 e. The van der Waals surface area contributed by atoms with Gasteiger partial charge in [0, 0.05) is 48.4 Å². The van der Waals surface area contributed by atoms with E-state index in [-0.39, 0.29) is 30.1 Å². The monoisotopic (exact) mass is 454 g/mol. The van der Waals surface area contributed by atoms with Gasteiger partial charge < -0.3 is 21.3 Å². The predicted molar refractivity (Wildman–Crippen MR) is 125 cm³/mol. The number of hydrogen-bond donors (Lipinski definition) is 3. The first-order chi connectivity index (χ1) is 15.8. The van der Waals surface area contributed by atoms with E-state index in [1.54, 1.807) is 31.2 Å². The third-order valence-corrected chi connectivity index (χ3v) is 5.76. The Kier molecular flexibility index (Phi) is 8.54. The van der Waals surface area contributed by atoms with Crippen molar-refractivity contribution in [1.29, 1.82) is 0 Å². The summed E-state index contributed by atoms with van der Waals surface area (Å²) in [6, 6.07) is 11.8. The topological polar surface area (TPSA) is 105 Å². The van der Waals surface area contributed by atoms with Gasteiger partial charge in [0.1, 0.15) is 5.82 Å². The van der Waals surface area contributed by atoms with Crippen molar-refractivity contribution in [2.45, 2.75) is 38.6 Å². The van der Waals surface area contributed by atoms with E-state index in [2.05, 4.69) is 10.6 Å². The number of anilines is 1. The molecule has 3 rings (SSSR count). The SMILES string of the molecule is CC(CC(N)CNC(=O)c1cccc(C(=O)N2CCCCC2)c1)C(=O)Nc1ccc(F)cc1.